The summed E-state index contributed by atoms with van der Waals surface area (Å²) >= 11 is 7.72. The first-order valence-corrected chi connectivity index (χ1v) is 11.2. The standard InChI is InChI=1S/C22H26ClN3O3S/c1-5-25(6-2)22(29)24(4)21-19(20(28)15-9-7-8-10-17(15)23)16-11-12-26(14(3)27)13-18(16)30-21/h7-10H,5-6,11-13H2,1-4H3. The van der Waals surface area contributed by atoms with Gasteiger partial charge in [-0.15, -0.1) is 11.3 Å². The fourth-order valence-corrected chi connectivity index (χ4v) is 5.24. The molecule has 0 spiro atoms. The first-order chi connectivity index (χ1) is 14.3. The van der Waals surface area contributed by atoms with Gasteiger partial charge in [-0.2, -0.15) is 0 Å². The number of urea groups is 1. The Morgan fingerprint density at radius 1 is 1.17 bits per heavy atom. The van der Waals surface area contributed by atoms with E-state index < -0.39 is 0 Å². The van der Waals surface area contributed by atoms with Gasteiger partial charge in [0.05, 0.1) is 17.1 Å². The van der Waals surface area contributed by atoms with Gasteiger partial charge in [0.1, 0.15) is 5.00 Å². The van der Waals surface area contributed by atoms with E-state index in [1.807, 2.05) is 13.8 Å². The molecule has 160 valence electrons. The molecule has 0 saturated carbocycles. The van der Waals surface area contributed by atoms with Gasteiger partial charge >= 0.3 is 6.03 Å². The maximum absolute atomic E-state index is 13.6. The highest BCUT2D eigenvalue weighted by Gasteiger charge is 2.33. The number of halogens is 1. The number of benzene rings is 1. The normalized spacial score (nSPS) is 13.0. The van der Waals surface area contributed by atoms with Gasteiger partial charge in [0, 0.05) is 44.0 Å². The third kappa shape index (κ3) is 4.09. The maximum atomic E-state index is 13.6. The van der Waals surface area contributed by atoms with Gasteiger partial charge in [0.2, 0.25) is 5.91 Å². The molecule has 0 radical (unpaired) electrons. The molecule has 2 aromatic rings. The number of hydrogen-bond acceptors (Lipinski definition) is 4. The van der Waals surface area contributed by atoms with E-state index in [1.54, 1.807) is 52.9 Å². The number of rotatable bonds is 5. The highest BCUT2D eigenvalue weighted by Crippen LogP contribution is 2.41. The van der Waals surface area contributed by atoms with Crippen LogP contribution in [0.3, 0.4) is 0 Å². The van der Waals surface area contributed by atoms with Gasteiger partial charge < -0.3 is 9.80 Å². The summed E-state index contributed by atoms with van der Waals surface area (Å²) in [6.45, 7) is 7.56. The van der Waals surface area contributed by atoms with Crippen molar-refractivity contribution in [2.24, 2.45) is 0 Å². The molecule has 1 aromatic carbocycles. The first kappa shape index (κ1) is 22.3. The molecule has 1 aromatic heterocycles. The van der Waals surface area contributed by atoms with Gasteiger partial charge in [-0.3, -0.25) is 14.5 Å². The van der Waals surface area contributed by atoms with E-state index in [-0.39, 0.29) is 17.7 Å². The molecule has 0 fully saturated rings. The van der Waals surface area contributed by atoms with E-state index in [0.717, 1.165) is 10.4 Å². The van der Waals surface area contributed by atoms with Crippen LogP contribution in [0.15, 0.2) is 24.3 Å². The zero-order valence-corrected chi connectivity index (χ0v) is 19.3. The number of fused-ring (bicyclic) bond motifs is 1. The van der Waals surface area contributed by atoms with Crippen molar-refractivity contribution in [1.29, 1.82) is 0 Å². The minimum Gasteiger partial charge on any atom is -0.337 e. The van der Waals surface area contributed by atoms with E-state index in [0.29, 0.717) is 53.8 Å². The molecular formula is C22H26ClN3O3S. The third-order valence-corrected chi connectivity index (χ3v) is 7.08. The van der Waals surface area contributed by atoms with Crippen molar-refractivity contribution >= 4 is 45.7 Å². The van der Waals surface area contributed by atoms with E-state index in [9.17, 15) is 14.4 Å². The lowest BCUT2D eigenvalue weighted by molar-refractivity contribution is -0.129. The summed E-state index contributed by atoms with van der Waals surface area (Å²) in [6, 6.07) is 6.80. The van der Waals surface area contributed by atoms with Crippen LogP contribution < -0.4 is 4.90 Å². The Kier molecular flexibility index (Phi) is 6.83. The van der Waals surface area contributed by atoms with E-state index >= 15 is 0 Å². The molecule has 2 heterocycles. The summed E-state index contributed by atoms with van der Waals surface area (Å²) in [5, 5.41) is 0.986. The zero-order chi connectivity index (χ0) is 22.0. The minimum absolute atomic E-state index is 0.00199. The van der Waals surface area contributed by atoms with Crippen LogP contribution in [0.25, 0.3) is 0 Å². The van der Waals surface area contributed by atoms with Crippen LogP contribution in [-0.2, 0) is 17.8 Å². The molecule has 0 aliphatic carbocycles. The Bertz CT molecular complexity index is 984. The molecule has 0 N–H and O–H groups in total. The number of amides is 3. The number of anilines is 1. The zero-order valence-electron chi connectivity index (χ0n) is 17.7. The van der Waals surface area contributed by atoms with Gasteiger partial charge in [-0.05, 0) is 38.0 Å². The molecule has 0 atom stereocenters. The van der Waals surface area contributed by atoms with Crippen molar-refractivity contribution in [3.8, 4) is 0 Å². The van der Waals surface area contributed by atoms with E-state index in [2.05, 4.69) is 0 Å². The maximum Gasteiger partial charge on any atom is 0.324 e. The molecule has 30 heavy (non-hydrogen) atoms. The Morgan fingerprint density at radius 2 is 1.83 bits per heavy atom. The Balaban J connectivity index is 2.12. The van der Waals surface area contributed by atoms with Crippen LogP contribution in [0.4, 0.5) is 9.80 Å². The van der Waals surface area contributed by atoms with Crippen molar-refractivity contribution in [2.75, 3.05) is 31.6 Å². The van der Waals surface area contributed by atoms with Crippen molar-refractivity contribution in [3.05, 3.63) is 50.9 Å². The molecule has 3 rings (SSSR count). The number of ketones is 1. The van der Waals surface area contributed by atoms with E-state index in [1.165, 1.54) is 11.3 Å². The van der Waals surface area contributed by atoms with Crippen LogP contribution in [0.1, 0.15) is 47.1 Å². The van der Waals surface area contributed by atoms with Gasteiger partial charge in [0.25, 0.3) is 0 Å². The van der Waals surface area contributed by atoms with Gasteiger partial charge in [-0.1, -0.05) is 23.7 Å². The Morgan fingerprint density at radius 3 is 2.43 bits per heavy atom. The van der Waals surface area contributed by atoms with Crippen LogP contribution in [0.2, 0.25) is 5.02 Å². The fraction of sp³-hybridized carbons (Fsp3) is 0.409. The molecule has 0 saturated heterocycles. The Hall–Kier alpha value is -2.38. The summed E-state index contributed by atoms with van der Waals surface area (Å²) in [7, 11) is 1.70. The molecule has 0 bridgehead atoms. The third-order valence-electron chi connectivity index (χ3n) is 5.45. The lowest BCUT2D eigenvalue weighted by Gasteiger charge is -2.26. The predicted molar refractivity (Wildman–Crippen MR) is 121 cm³/mol. The summed E-state index contributed by atoms with van der Waals surface area (Å²) in [4.78, 5) is 44.4. The predicted octanol–water partition coefficient (Wildman–Crippen LogP) is 4.44. The number of hydrogen-bond donors (Lipinski definition) is 0. The largest absolute Gasteiger partial charge is 0.337 e. The second-order valence-corrected chi connectivity index (χ2v) is 8.69. The first-order valence-electron chi connectivity index (χ1n) is 10.0. The monoisotopic (exact) mass is 447 g/mol. The molecule has 1 aliphatic rings. The minimum atomic E-state index is -0.191. The van der Waals surface area contributed by atoms with Crippen LogP contribution in [0.5, 0.6) is 0 Å². The molecule has 8 heteroatoms. The Labute approximate surface area is 186 Å². The molecule has 1 aliphatic heterocycles. The smallest absolute Gasteiger partial charge is 0.324 e. The number of thiophene rings is 1. The van der Waals surface area contributed by atoms with Crippen molar-refractivity contribution in [1.82, 2.24) is 9.80 Å². The quantitative estimate of drug-likeness (QED) is 0.637. The summed E-state index contributed by atoms with van der Waals surface area (Å²) in [6.07, 6.45) is 0.574. The summed E-state index contributed by atoms with van der Waals surface area (Å²) in [5.41, 5.74) is 1.85. The molecule has 3 amide bonds. The van der Waals surface area contributed by atoms with Crippen LogP contribution >= 0.6 is 22.9 Å². The van der Waals surface area contributed by atoms with Crippen LogP contribution in [0, 0.1) is 0 Å². The van der Waals surface area contributed by atoms with Gasteiger partial charge in [-0.25, -0.2) is 4.79 Å². The number of nitrogens with zero attached hydrogens (tertiary/aromatic N) is 3. The number of carbonyl (C=O) groups excluding carboxylic acids is 3. The topological polar surface area (TPSA) is 60.9 Å². The lowest BCUT2D eigenvalue weighted by Crippen LogP contribution is -2.41. The van der Waals surface area contributed by atoms with Crippen LogP contribution in [-0.4, -0.2) is 54.2 Å². The fourth-order valence-electron chi connectivity index (χ4n) is 3.70. The highest BCUT2D eigenvalue weighted by atomic mass is 35.5. The second kappa shape index (κ2) is 9.18. The van der Waals surface area contributed by atoms with Crippen molar-refractivity contribution in [3.63, 3.8) is 0 Å². The summed E-state index contributed by atoms with van der Waals surface area (Å²) < 4.78 is 0. The van der Waals surface area contributed by atoms with Crippen molar-refractivity contribution < 1.29 is 14.4 Å². The van der Waals surface area contributed by atoms with Gasteiger partial charge in [0.15, 0.2) is 5.78 Å². The number of carbonyl (C=O) groups is 3. The lowest BCUT2D eigenvalue weighted by atomic mass is 9.96. The molecular weight excluding hydrogens is 422 g/mol. The molecule has 0 unspecified atom stereocenters. The molecule has 6 nitrogen and oxygen atoms in total. The van der Waals surface area contributed by atoms with E-state index in [4.69, 9.17) is 11.6 Å². The second-order valence-electron chi connectivity index (χ2n) is 7.20. The SMILES string of the molecule is CCN(CC)C(=O)N(C)c1sc2c(c1C(=O)c1ccccc1Cl)CCN(C(C)=O)C2. The summed E-state index contributed by atoms with van der Waals surface area (Å²) in [5.74, 6) is -0.189. The highest BCUT2D eigenvalue weighted by molar-refractivity contribution is 7.17. The van der Waals surface area contributed by atoms with Crippen molar-refractivity contribution in [2.45, 2.75) is 33.7 Å². The average molecular weight is 448 g/mol. The average Bonchev–Trinajstić information content (AvgIpc) is 3.12.